The Bertz CT molecular complexity index is 652. The summed E-state index contributed by atoms with van der Waals surface area (Å²) in [6.45, 7) is 1.88. The molecule has 1 aliphatic carbocycles. The summed E-state index contributed by atoms with van der Waals surface area (Å²) >= 11 is 5.90. The highest BCUT2D eigenvalue weighted by atomic mass is 35.5. The summed E-state index contributed by atoms with van der Waals surface area (Å²) < 4.78 is 27.4. The van der Waals surface area contributed by atoms with E-state index in [0.29, 0.717) is 24.3 Å². The Balaban J connectivity index is 2.10. The van der Waals surface area contributed by atoms with Crippen molar-refractivity contribution >= 4 is 35.3 Å². The van der Waals surface area contributed by atoms with E-state index >= 15 is 0 Å². The first-order valence-corrected chi connectivity index (χ1v) is 7.82. The molecule has 2 aliphatic rings. The molecule has 0 amide bonds. The highest BCUT2D eigenvalue weighted by Gasteiger charge is 2.47. The monoisotopic (exact) mass is 342 g/mol. The maximum atomic E-state index is 13.7. The van der Waals surface area contributed by atoms with Crippen LogP contribution in [0.5, 0.6) is 0 Å². The van der Waals surface area contributed by atoms with Gasteiger partial charge in [0, 0.05) is 18.9 Å². The Morgan fingerprint density at radius 3 is 2.83 bits per heavy atom. The molecule has 124 valence electrons. The molecule has 1 aromatic rings. The lowest BCUT2D eigenvalue weighted by atomic mass is 10.0. The second-order valence-corrected chi connectivity index (χ2v) is 6.15. The fraction of sp³-hybridized carbons (Fsp3) is 0.571. The first kappa shape index (κ1) is 16.0. The number of nitrogens with one attached hydrogen (secondary N) is 2. The maximum Gasteiger partial charge on any atom is 0.250 e. The molecule has 0 radical (unpaired) electrons. The number of hydrogen-bond donors (Lipinski definition) is 2. The third-order valence-corrected chi connectivity index (χ3v) is 4.60. The first-order valence-electron chi connectivity index (χ1n) is 7.45. The van der Waals surface area contributed by atoms with Gasteiger partial charge in [0.15, 0.2) is 5.82 Å². The lowest BCUT2D eigenvalue weighted by Crippen LogP contribution is -2.56. The van der Waals surface area contributed by atoms with Gasteiger partial charge < -0.3 is 4.90 Å². The molecular formula is C14H17ClF2N6. The number of anilines is 2. The van der Waals surface area contributed by atoms with Crippen LogP contribution in [0.3, 0.4) is 0 Å². The van der Waals surface area contributed by atoms with Gasteiger partial charge in [-0.25, -0.2) is 13.8 Å². The molecule has 1 aromatic heterocycles. The maximum absolute atomic E-state index is 13.7. The molecule has 0 unspecified atom stereocenters. The van der Waals surface area contributed by atoms with Crippen LogP contribution in [0.25, 0.3) is 0 Å². The minimum Gasteiger partial charge on any atom is -0.341 e. The standard InChI is InChI=1S/C14H17ClF2N6/c1-2-9-11(19)22(7-18)10-6-20-13(15)21-12(10)23(9)8-3-4-14(16,17)5-8/h6-9,18-19H,2-5H2,1H3/t8-,9-/m1/s1. The molecule has 2 atom stereocenters. The number of fused-ring (bicyclic) bond motifs is 1. The zero-order valence-corrected chi connectivity index (χ0v) is 13.3. The van der Waals surface area contributed by atoms with Crippen LogP contribution in [0.2, 0.25) is 5.28 Å². The van der Waals surface area contributed by atoms with E-state index in [9.17, 15) is 8.78 Å². The minimum absolute atomic E-state index is 0.0201. The minimum atomic E-state index is -2.69. The van der Waals surface area contributed by atoms with Gasteiger partial charge in [-0.15, -0.1) is 0 Å². The van der Waals surface area contributed by atoms with E-state index in [1.807, 2.05) is 6.92 Å². The SMILES string of the molecule is CC[C@@H]1C(=N)N(C=N)c2cnc(Cl)nc2N1[C@@H]1CCC(F)(F)C1. The van der Waals surface area contributed by atoms with Gasteiger partial charge in [-0.3, -0.25) is 15.7 Å². The van der Waals surface area contributed by atoms with Crippen molar-refractivity contribution in [1.29, 1.82) is 10.8 Å². The van der Waals surface area contributed by atoms with Crippen LogP contribution in [-0.4, -0.2) is 40.1 Å². The number of amidine groups is 1. The molecule has 0 aromatic carbocycles. The molecule has 1 saturated carbocycles. The summed E-state index contributed by atoms with van der Waals surface area (Å²) in [5.41, 5.74) is 0.425. The second-order valence-electron chi connectivity index (χ2n) is 5.82. The van der Waals surface area contributed by atoms with E-state index in [1.165, 1.54) is 11.1 Å². The summed E-state index contributed by atoms with van der Waals surface area (Å²) in [7, 11) is 0. The third-order valence-electron chi connectivity index (χ3n) is 4.42. The Labute approximate surface area is 137 Å². The fourth-order valence-corrected chi connectivity index (χ4v) is 3.52. The second kappa shape index (κ2) is 5.67. The number of nitrogens with zero attached hydrogens (tertiary/aromatic N) is 4. The molecule has 6 nitrogen and oxygen atoms in total. The van der Waals surface area contributed by atoms with Crippen molar-refractivity contribution in [3.05, 3.63) is 11.5 Å². The zero-order chi connectivity index (χ0) is 16.8. The Morgan fingerprint density at radius 2 is 2.26 bits per heavy atom. The van der Waals surface area contributed by atoms with Gasteiger partial charge in [-0.05, 0) is 24.4 Å². The van der Waals surface area contributed by atoms with Gasteiger partial charge >= 0.3 is 0 Å². The van der Waals surface area contributed by atoms with Gasteiger partial charge in [-0.1, -0.05) is 6.92 Å². The average Bonchev–Trinajstić information content (AvgIpc) is 2.86. The van der Waals surface area contributed by atoms with Crippen LogP contribution < -0.4 is 9.80 Å². The van der Waals surface area contributed by atoms with Crippen molar-refractivity contribution in [3.8, 4) is 0 Å². The van der Waals surface area contributed by atoms with E-state index in [-0.39, 0.29) is 24.0 Å². The smallest absolute Gasteiger partial charge is 0.250 e. The number of halogens is 3. The predicted molar refractivity (Wildman–Crippen MR) is 85.2 cm³/mol. The van der Waals surface area contributed by atoms with Crippen molar-refractivity contribution in [2.45, 2.75) is 50.6 Å². The molecule has 2 heterocycles. The molecule has 9 heteroatoms. The van der Waals surface area contributed by atoms with Gasteiger partial charge in [0.25, 0.3) is 0 Å². The van der Waals surface area contributed by atoms with E-state index in [2.05, 4.69) is 9.97 Å². The molecule has 23 heavy (non-hydrogen) atoms. The quantitative estimate of drug-likeness (QED) is 0.501. The fourth-order valence-electron chi connectivity index (χ4n) is 3.40. The highest BCUT2D eigenvalue weighted by molar-refractivity contribution is 6.28. The normalized spacial score (nSPS) is 26.3. The van der Waals surface area contributed by atoms with Crippen LogP contribution in [0.4, 0.5) is 20.3 Å². The van der Waals surface area contributed by atoms with Gasteiger partial charge in [0.05, 0.1) is 18.6 Å². The highest BCUT2D eigenvalue weighted by Crippen LogP contribution is 2.44. The number of alkyl halides is 2. The predicted octanol–water partition coefficient (Wildman–Crippen LogP) is 3.31. The molecule has 0 spiro atoms. The van der Waals surface area contributed by atoms with Crippen molar-refractivity contribution in [2.75, 3.05) is 9.80 Å². The van der Waals surface area contributed by atoms with Crippen LogP contribution in [0, 0.1) is 10.8 Å². The lowest BCUT2D eigenvalue weighted by Gasteiger charge is -2.44. The molecule has 3 rings (SSSR count). The topological polar surface area (TPSA) is 80.0 Å². The van der Waals surface area contributed by atoms with Crippen molar-refractivity contribution in [2.24, 2.45) is 0 Å². The summed E-state index contributed by atoms with van der Waals surface area (Å²) in [5, 5.41) is 15.9. The van der Waals surface area contributed by atoms with Crippen LogP contribution in [0.1, 0.15) is 32.6 Å². The summed E-state index contributed by atoms with van der Waals surface area (Å²) in [4.78, 5) is 11.2. The van der Waals surface area contributed by atoms with Crippen LogP contribution in [-0.2, 0) is 0 Å². The Morgan fingerprint density at radius 1 is 1.52 bits per heavy atom. The van der Waals surface area contributed by atoms with Crippen molar-refractivity contribution in [3.63, 3.8) is 0 Å². The summed E-state index contributed by atoms with van der Waals surface area (Å²) in [6, 6.07) is -0.832. The number of hydrogen-bond acceptors (Lipinski definition) is 5. The van der Waals surface area contributed by atoms with Crippen LogP contribution >= 0.6 is 11.6 Å². The molecule has 2 N–H and O–H groups in total. The van der Waals surface area contributed by atoms with Crippen LogP contribution in [0.15, 0.2) is 6.20 Å². The third kappa shape index (κ3) is 2.65. The van der Waals surface area contributed by atoms with E-state index in [0.717, 1.165) is 6.34 Å². The molecule has 0 saturated heterocycles. The Hall–Kier alpha value is -1.83. The molecule has 1 fully saturated rings. The molecule has 0 bridgehead atoms. The number of rotatable bonds is 3. The summed E-state index contributed by atoms with van der Waals surface area (Å²) in [6.07, 6.45) is 2.90. The molecular weight excluding hydrogens is 326 g/mol. The average molecular weight is 343 g/mol. The zero-order valence-electron chi connectivity index (χ0n) is 12.6. The van der Waals surface area contributed by atoms with E-state index in [4.69, 9.17) is 22.4 Å². The van der Waals surface area contributed by atoms with Gasteiger partial charge in [0.2, 0.25) is 11.2 Å². The van der Waals surface area contributed by atoms with Gasteiger partial charge in [-0.2, -0.15) is 4.98 Å². The Kier molecular flexibility index (Phi) is 3.95. The van der Waals surface area contributed by atoms with E-state index in [1.54, 1.807) is 4.90 Å². The van der Waals surface area contributed by atoms with Crippen molar-refractivity contribution in [1.82, 2.24) is 9.97 Å². The first-order chi connectivity index (χ1) is 10.9. The number of aromatic nitrogens is 2. The van der Waals surface area contributed by atoms with Crippen molar-refractivity contribution < 1.29 is 8.78 Å². The largest absolute Gasteiger partial charge is 0.341 e. The van der Waals surface area contributed by atoms with E-state index < -0.39 is 18.0 Å². The lowest BCUT2D eigenvalue weighted by molar-refractivity contribution is 0.00763. The molecule has 1 aliphatic heterocycles. The summed E-state index contributed by atoms with van der Waals surface area (Å²) in [5.74, 6) is -2.11. The van der Waals surface area contributed by atoms with Gasteiger partial charge in [0.1, 0.15) is 11.5 Å².